The molecule has 3 unspecified atom stereocenters. The molecule has 2 N–H and O–H groups in total. The average Bonchev–Trinajstić information content (AvgIpc) is 2.81. The first-order valence-corrected chi connectivity index (χ1v) is 8.58. The Hall–Kier alpha value is -1.01. The lowest BCUT2D eigenvalue weighted by Crippen LogP contribution is -2.52. The van der Waals surface area contributed by atoms with Gasteiger partial charge < -0.3 is 5.73 Å². The maximum absolute atomic E-state index is 12.6. The van der Waals surface area contributed by atoms with Gasteiger partial charge in [0, 0.05) is 18.4 Å². The number of benzene rings is 1. The minimum Gasteiger partial charge on any atom is -0.327 e. The maximum Gasteiger partial charge on any atom is 0.151 e. The highest BCUT2D eigenvalue weighted by molar-refractivity contribution is 14.1. The van der Waals surface area contributed by atoms with E-state index in [0.717, 1.165) is 18.4 Å². The molecule has 3 aliphatic rings. The number of Topliss-reactive ketones (excluding diaryl/α,β-unsaturated/α-hetero) is 2. The first kappa shape index (κ1) is 13.6. The molecule has 21 heavy (non-hydrogen) atoms. The van der Waals surface area contributed by atoms with Crippen LogP contribution in [0.3, 0.4) is 0 Å². The fourth-order valence-electron chi connectivity index (χ4n) is 4.21. The van der Waals surface area contributed by atoms with Crippen LogP contribution in [0.5, 0.6) is 0 Å². The zero-order valence-corrected chi connectivity index (χ0v) is 13.7. The van der Waals surface area contributed by atoms with E-state index in [-0.39, 0.29) is 33.4 Å². The number of alkyl halides is 1. The number of hydrogen-bond donors (Lipinski definition) is 1. The Labute approximate surface area is 137 Å². The molecule has 1 aromatic carbocycles. The van der Waals surface area contributed by atoms with Gasteiger partial charge in [-0.25, -0.2) is 0 Å². The number of hydrogen-bond acceptors (Lipinski definition) is 3. The number of rotatable bonds is 0. The van der Waals surface area contributed by atoms with Crippen molar-refractivity contribution in [1.29, 1.82) is 0 Å². The van der Waals surface area contributed by atoms with Gasteiger partial charge in [0.25, 0.3) is 0 Å². The largest absolute Gasteiger partial charge is 0.327 e. The number of carbonyl (C=O) groups excluding carboxylic acids is 2. The summed E-state index contributed by atoms with van der Waals surface area (Å²) in [5, 5.41) is 0. The average molecular weight is 393 g/mol. The van der Waals surface area contributed by atoms with E-state index >= 15 is 0 Å². The first-order valence-electron chi connectivity index (χ1n) is 7.34. The van der Waals surface area contributed by atoms with Crippen LogP contribution >= 0.6 is 22.6 Å². The third-order valence-corrected chi connectivity index (χ3v) is 6.12. The summed E-state index contributed by atoms with van der Waals surface area (Å²) in [6.45, 7) is 0. The van der Waals surface area contributed by atoms with Gasteiger partial charge in [0.05, 0.1) is 9.84 Å². The van der Waals surface area contributed by atoms with Crippen molar-refractivity contribution in [3.63, 3.8) is 0 Å². The van der Waals surface area contributed by atoms with Gasteiger partial charge in [0.15, 0.2) is 5.78 Å². The van der Waals surface area contributed by atoms with Crippen LogP contribution in [0.25, 0.3) is 5.57 Å². The Balaban J connectivity index is 1.87. The number of halogens is 1. The van der Waals surface area contributed by atoms with E-state index in [1.165, 1.54) is 16.7 Å². The van der Waals surface area contributed by atoms with Gasteiger partial charge in [-0.1, -0.05) is 52.4 Å². The van der Waals surface area contributed by atoms with E-state index in [4.69, 9.17) is 5.73 Å². The van der Waals surface area contributed by atoms with Crippen molar-refractivity contribution in [3.05, 3.63) is 41.0 Å². The predicted octanol–water partition coefficient (Wildman–Crippen LogP) is 2.31. The van der Waals surface area contributed by atoms with Crippen LogP contribution in [-0.4, -0.2) is 21.5 Å². The molecule has 0 spiro atoms. The van der Waals surface area contributed by atoms with Crippen LogP contribution in [0.4, 0.5) is 0 Å². The minimum atomic E-state index is -0.321. The molecular weight excluding hydrogens is 377 g/mol. The van der Waals surface area contributed by atoms with E-state index in [2.05, 4.69) is 34.7 Å². The Morgan fingerprint density at radius 3 is 2.71 bits per heavy atom. The second-order valence-electron chi connectivity index (χ2n) is 6.26. The van der Waals surface area contributed by atoms with Gasteiger partial charge in [-0.2, -0.15) is 0 Å². The van der Waals surface area contributed by atoms with Crippen molar-refractivity contribution in [2.75, 3.05) is 0 Å². The molecule has 3 aliphatic carbocycles. The first-order chi connectivity index (χ1) is 10.1. The summed E-state index contributed by atoms with van der Waals surface area (Å²) < 4.78 is -0.207. The van der Waals surface area contributed by atoms with Gasteiger partial charge in [-0.05, 0) is 29.5 Å². The quantitative estimate of drug-likeness (QED) is 0.544. The molecule has 1 saturated carbocycles. The number of fused-ring (bicyclic) bond motifs is 4. The molecule has 4 atom stereocenters. The van der Waals surface area contributed by atoms with E-state index in [9.17, 15) is 9.59 Å². The maximum atomic E-state index is 12.6. The topological polar surface area (TPSA) is 60.2 Å². The third kappa shape index (κ3) is 1.88. The standard InChI is InChI=1S/C17H16INO2/c18-11-7-13(20)16-14-9(6-12(19)15(16)17(11)21)5-8-3-1-2-4-10(8)14/h1-4,11-12,15-16H,5-7,19H2/t11?,12?,15?,16-/m1/s1. The fraction of sp³-hybridized carbons (Fsp3) is 0.412. The van der Waals surface area contributed by atoms with Crippen molar-refractivity contribution < 1.29 is 9.59 Å². The summed E-state index contributed by atoms with van der Waals surface area (Å²) in [4.78, 5) is 25.2. The van der Waals surface area contributed by atoms with Crippen molar-refractivity contribution in [3.8, 4) is 0 Å². The second kappa shape index (κ2) is 4.74. The van der Waals surface area contributed by atoms with Crippen LogP contribution in [-0.2, 0) is 16.0 Å². The van der Waals surface area contributed by atoms with E-state index in [1.54, 1.807) is 0 Å². The number of nitrogens with two attached hydrogens (primary N) is 1. The van der Waals surface area contributed by atoms with Gasteiger partial charge in [-0.3, -0.25) is 9.59 Å². The molecule has 4 rings (SSSR count). The molecule has 108 valence electrons. The summed E-state index contributed by atoms with van der Waals surface area (Å²) in [5.74, 6) is -0.258. The Morgan fingerprint density at radius 1 is 1.14 bits per heavy atom. The third-order valence-electron chi connectivity index (χ3n) is 5.07. The van der Waals surface area contributed by atoms with Crippen LogP contribution in [0.15, 0.2) is 29.8 Å². The summed E-state index contributed by atoms with van der Waals surface area (Å²) in [5.41, 5.74) is 11.1. The molecule has 4 heteroatoms. The van der Waals surface area contributed by atoms with Crippen molar-refractivity contribution in [2.24, 2.45) is 17.6 Å². The molecule has 0 aliphatic heterocycles. The number of allylic oxidation sites excluding steroid dienone is 1. The Bertz CT molecular complexity index is 694. The molecule has 1 aromatic rings. The van der Waals surface area contributed by atoms with Crippen molar-refractivity contribution in [2.45, 2.75) is 29.2 Å². The highest BCUT2D eigenvalue weighted by atomic mass is 127. The summed E-state index contributed by atoms with van der Waals surface area (Å²) in [6.07, 6.45) is 1.98. The SMILES string of the molecule is NC1CC2=C(c3ccccc3C2)[C@H]2C(=O)CC(I)C(=O)C12. The summed E-state index contributed by atoms with van der Waals surface area (Å²) in [7, 11) is 0. The monoisotopic (exact) mass is 393 g/mol. The Kier molecular flexibility index (Phi) is 3.08. The van der Waals surface area contributed by atoms with Gasteiger partial charge in [0.1, 0.15) is 5.78 Å². The van der Waals surface area contributed by atoms with Gasteiger partial charge >= 0.3 is 0 Å². The molecule has 0 radical (unpaired) electrons. The van der Waals surface area contributed by atoms with E-state index in [1.807, 2.05) is 12.1 Å². The molecule has 0 heterocycles. The van der Waals surface area contributed by atoms with Crippen LogP contribution in [0.2, 0.25) is 0 Å². The molecule has 3 nitrogen and oxygen atoms in total. The summed E-state index contributed by atoms with van der Waals surface area (Å²) >= 11 is 2.10. The lowest BCUT2D eigenvalue weighted by atomic mass is 9.64. The smallest absolute Gasteiger partial charge is 0.151 e. The lowest BCUT2D eigenvalue weighted by Gasteiger charge is -2.40. The van der Waals surface area contributed by atoms with Crippen molar-refractivity contribution in [1.82, 2.24) is 0 Å². The zero-order valence-electron chi connectivity index (χ0n) is 11.5. The lowest BCUT2D eigenvalue weighted by molar-refractivity contribution is -0.135. The van der Waals surface area contributed by atoms with Crippen LogP contribution in [0.1, 0.15) is 24.0 Å². The minimum absolute atomic E-state index is 0.170. The fourth-order valence-corrected chi connectivity index (χ4v) is 5.06. The predicted molar refractivity (Wildman–Crippen MR) is 89.1 cm³/mol. The van der Waals surface area contributed by atoms with Gasteiger partial charge in [-0.15, -0.1) is 0 Å². The van der Waals surface area contributed by atoms with E-state index in [0.29, 0.717) is 6.42 Å². The molecule has 0 bridgehead atoms. The number of ketones is 2. The summed E-state index contributed by atoms with van der Waals surface area (Å²) in [6, 6.07) is 8.03. The highest BCUT2D eigenvalue weighted by Gasteiger charge is 2.51. The number of carbonyl (C=O) groups is 2. The molecular formula is C17H16INO2. The second-order valence-corrected chi connectivity index (χ2v) is 7.77. The molecule has 0 saturated heterocycles. The van der Waals surface area contributed by atoms with Gasteiger partial charge in [0.2, 0.25) is 0 Å². The van der Waals surface area contributed by atoms with E-state index < -0.39 is 0 Å². The zero-order chi connectivity index (χ0) is 14.7. The molecule has 0 aromatic heterocycles. The molecule has 1 fully saturated rings. The molecule has 0 amide bonds. The van der Waals surface area contributed by atoms with Crippen molar-refractivity contribution >= 4 is 39.7 Å². The van der Waals surface area contributed by atoms with Crippen LogP contribution in [0, 0.1) is 11.8 Å². The Morgan fingerprint density at radius 2 is 1.90 bits per heavy atom. The normalized spacial score (nSPS) is 34.6. The van der Waals surface area contributed by atoms with Crippen LogP contribution < -0.4 is 5.73 Å². The highest BCUT2D eigenvalue weighted by Crippen LogP contribution is 2.50.